The summed E-state index contributed by atoms with van der Waals surface area (Å²) < 4.78 is 0. The lowest BCUT2D eigenvalue weighted by Gasteiger charge is -2.22. The molecule has 0 aliphatic carbocycles. The Morgan fingerprint density at radius 3 is 2.38 bits per heavy atom. The second-order valence-corrected chi connectivity index (χ2v) is 4.42. The zero-order valence-corrected chi connectivity index (χ0v) is 10.4. The van der Waals surface area contributed by atoms with Crippen molar-refractivity contribution in [3.8, 4) is 0 Å². The lowest BCUT2D eigenvalue weighted by molar-refractivity contribution is -0.129. The SMILES string of the molecule is CC(=O)N1CCCN(CC(=O)N(C)C)CC1. The highest BCUT2D eigenvalue weighted by molar-refractivity contribution is 5.77. The second-order valence-electron chi connectivity index (χ2n) is 4.42. The van der Waals surface area contributed by atoms with E-state index in [9.17, 15) is 9.59 Å². The van der Waals surface area contributed by atoms with Crippen molar-refractivity contribution in [1.29, 1.82) is 0 Å². The van der Waals surface area contributed by atoms with Crippen LogP contribution < -0.4 is 0 Å². The molecule has 0 aromatic carbocycles. The molecule has 5 heteroatoms. The molecule has 1 aliphatic rings. The van der Waals surface area contributed by atoms with Crippen molar-refractivity contribution < 1.29 is 9.59 Å². The van der Waals surface area contributed by atoms with Crippen LogP contribution in [0.3, 0.4) is 0 Å². The Balaban J connectivity index is 2.41. The molecule has 0 atom stereocenters. The van der Waals surface area contributed by atoms with E-state index in [0.717, 1.165) is 32.6 Å². The van der Waals surface area contributed by atoms with E-state index in [0.29, 0.717) is 6.54 Å². The summed E-state index contributed by atoms with van der Waals surface area (Å²) >= 11 is 0. The number of rotatable bonds is 2. The van der Waals surface area contributed by atoms with Gasteiger partial charge in [-0.05, 0) is 6.42 Å². The average Bonchev–Trinajstić information content (AvgIpc) is 2.43. The molecule has 1 heterocycles. The van der Waals surface area contributed by atoms with Gasteiger partial charge in [-0.2, -0.15) is 0 Å². The van der Waals surface area contributed by atoms with Crippen LogP contribution in [0.4, 0.5) is 0 Å². The monoisotopic (exact) mass is 227 g/mol. The molecule has 1 aliphatic heterocycles. The number of likely N-dealkylation sites (N-methyl/N-ethyl adjacent to an activating group) is 1. The van der Waals surface area contributed by atoms with Crippen LogP contribution in [-0.2, 0) is 9.59 Å². The minimum atomic E-state index is 0.122. The Morgan fingerprint density at radius 2 is 1.81 bits per heavy atom. The van der Waals surface area contributed by atoms with Crippen molar-refractivity contribution in [2.75, 3.05) is 46.8 Å². The predicted molar refractivity (Wildman–Crippen MR) is 62.0 cm³/mol. The summed E-state index contributed by atoms with van der Waals surface area (Å²) in [7, 11) is 3.53. The maximum Gasteiger partial charge on any atom is 0.236 e. The summed E-state index contributed by atoms with van der Waals surface area (Å²) in [6.07, 6.45) is 0.945. The molecule has 0 bridgehead atoms. The van der Waals surface area contributed by atoms with Crippen molar-refractivity contribution in [3.05, 3.63) is 0 Å². The van der Waals surface area contributed by atoms with Gasteiger partial charge in [0.1, 0.15) is 0 Å². The Bertz CT molecular complexity index is 266. The number of carbonyl (C=O) groups excluding carboxylic acids is 2. The van der Waals surface area contributed by atoms with Crippen LogP contribution in [0.1, 0.15) is 13.3 Å². The van der Waals surface area contributed by atoms with Crippen LogP contribution in [0, 0.1) is 0 Å². The number of nitrogens with zero attached hydrogens (tertiary/aromatic N) is 3. The molecule has 0 unspecified atom stereocenters. The summed E-state index contributed by atoms with van der Waals surface area (Å²) in [6.45, 7) is 5.28. The Hall–Kier alpha value is -1.10. The Morgan fingerprint density at radius 1 is 1.12 bits per heavy atom. The first-order valence-corrected chi connectivity index (χ1v) is 5.68. The van der Waals surface area contributed by atoms with E-state index < -0.39 is 0 Å². The molecule has 0 radical (unpaired) electrons. The van der Waals surface area contributed by atoms with E-state index in [-0.39, 0.29) is 11.8 Å². The molecule has 5 nitrogen and oxygen atoms in total. The van der Waals surface area contributed by atoms with Crippen molar-refractivity contribution in [2.45, 2.75) is 13.3 Å². The van der Waals surface area contributed by atoms with E-state index in [1.807, 2.05) is 4.90 Å². The molecule has 2 amide bonds. The van der Waals surface area contributed by atoms with Crippen LogP contribution >= 0.6 is 0 Å². The first kappa shape index (κ1) is 13.0. The number of hydrogen-bond donors (Lipinski definition) is 0. The van der Waals surface area contributed by atoms with Crippen molar-refractivity contribution in [3.63, 3.8) is 0 Å². The largest absolute Gasteiger partial charge is 0.348 e. The van der Waals surface area contributed by atoms with Crippen molar-refractivity contribution in [2.24, 2.45) is 0 Å². The standard InChI is InChI=1S/C11H21N3O2/c1-10(15)14-6-4-5-13(7-8-14)9-11(16)12(2)3/h4-9H2,1-3H3. The summed E-state index contributed by atoms with van der Waals surface area (Å²) in [5, 5.41) is 0. The molecular weight excluding hydrogens is 206 g/mol. The highest BCUT2D eigenvalue weighted by Crippen LogP contribution is 2.03. The van der Waals surface area contributed by atoms with Gasteiger partial charge in [-0.15, -0.1) is 0 Å². The van der Waals surface area contributed by atoms with Crippen molar-refractivity contribution >= 4 is 11.8 Å². The Kier molecular flexibility index (Phi) is 4.73. The normalized spacial score (nSPS) is 18.1. The molecule has 1 rings (SSSR count). The molecule has 0 N–H and O–H groups in total. The van der Waals surface area contributed by atoms with Gasteiger partial charge in [0.15, 0.2) is 0 Å². The number of amides is 2. The van der Waals surface area contributed by atoms with Crippen LogP contribution in [0.15, 0.2) is 0 Å². The predicted octanol–water partition coefficient (Wildman–Crippen LogP) is -0.371. The zero-order chi connectivity index (χ0) is 12.1. The van der Waals surface area contributed by atoms with E-state index in [4.69, 9.17) is 0 Å². The average molecular weight is 227 g/mol. The van der Waals surface area contributed by atoms with Gasteiger partial charge in [-0.25, -0.2) is 0 Å². The first-order chi connectivity index (χ1) is 7.50. The molecule has 0 spiro atoms. The van der Waals surface area contributed by atoms with Crippen LogP contribution in [0.25, 0.3) is 0 Å². The quantitative estimate of drug-likeness (QED) is 0.646. The fourth-order valence-corrected chi connectivity index (χ4v) is 1.78. The fourth-order valence-electron chi connectivity index (χ4n) is 1.78. The van der Waals surface area contributed by atoms with Gasteiger partial charge >= 0.3 is 0 Å². The van der Waals surface area contributed by atoms with Gasteiger partial charge in [0.25, 0.3) is 0 Å². The van der Waals surface area contributed by atoms with Gasteiger partial charge in [0.2, 0.25) is 11.8 Å². The maximum absolute atomic E-state index is 11.5. The third-order valence-electron chi connectivity index (χ3n) is 2.89. The topological polar surface area (TPSA) is 43.9 Å². The van der Waals surface area contributed by atoms with E-state index in [2.05, 4.69) is 4.90 Å². The van der Waals surface area contributed by atoms with Gasteiger partial charge in [0, 0.05) is 47.2 Å². The summed E-state index contributed by atoms with van der Waals surface area (Å²) in [4.78, 5) is 28.3. The minimum absolute atomic E-state index is 0.122. The molecule has 92 valence electrons. The third-order valence-corrected chi connectivity index (χ3v) is 2.89. The molecule has 0 saturated carbocycles. The lowest BCUT2D eigenvalue weighted by atomic mass is 10.3. The smallest absolute Gasteiger partial charge is 0.236 e. The van der Waals surface area contributed by atoms with Crippen molar-refractivity contribution in [1.82, 2.24) is 14.7 Å². The van der Waals surface area contributed by atoms with E-state index in [1.165, 1.54) is 0 Å². The third kappa shape index (κ3) is 3.81. The lowest BCUT2D eigenvalue weighted by Crippen LogP contribution is -2.39. The van der Waals surface area contributed by atoms with Crippen LogP contribution in [-0.4, -0.2) is 73.3 Å². The minimum Gasteiger partial charge on any atom is -0.348 e. The Labute approximate surface area is 97.0 Å². The number of hydrogen-bond acceptors (Lipinski definition) is 3. The summed E-state index contributed by atoms with van der Waals surface area (Å²) in [5.41, 5.74) is 0. The van der Waals surface area contributed by atoms with Gasteiger partial charge in [-0.3, -0.25) is 14.5 Å². The van der Waals surface area contributed by atoms with Gasteiger partial charge in [0.05, 0.1) is 6.54 Å². The van der Waals surface area contributed by atoms with Gasteiger partial charge in [-0.1, -0.05) is 0 Å². The molecule has 1 saturated heterocycles. The fraction of sp³-hybridized carbons (Fsp3) is 0.818. The molecule has 0 aromatic rings. The summed E-state index contributed by atoms with van der Waals surface area (Å²) in [5.74, 6) is 0.247. The molecule has 0 aromatic heterocycles. The number of carbonyl (C=O) groups is 2. The molecule has 1 fully saturated rings. The first-order valence-electron chi connectivity index (χ1n) is 5.68. The maximum atomic E-state index is 11.5. The highest BCUT2D eigenvalue weighted by atomic mass is 16.2. The summed E-state index contributed by atoms with van der Waals surface area (Å²) in [6, 6.07) is 0. The van der Waals surface area contributed by atoms with Crippen LogP contribution in [0.5, 0.6) is 0 Å². The van der Waals surface area contributed by atoms with E-state index >= 15 is 0 Å². The van der Waals surface area contributed by atoms with Crippen LogP contribution in [0.2, 0.25) is 0 Å². The molecule has 16 heavy (non-hydrogen) atoms. The zero-order valence-electron chi connectivity index (χ0n) is 10.4. The van der Waals surface area contributed by atoms with E-state index in [1.54, 1.807) is 25.9 Å². The highest BCUT2D eigenvalue weighted by Gasteiger charge is 2.18. The van der Waals surface area contributed by atoms with Gasteiger partial charge < -0.3 is 9.80 Å². The second kappa shape index (κ2) is 5.84. The molecular formula is C11H21N3O2.